The Morgan fingerprint density at radius 2 is 1.91 bits per heavy atom. The second-order valence-electron chi connectivity index (χ2n) is 7.69. The summed E-state index contributed by atoms with van der Waals surface area (Å²) in [7, 11) is 1.41. The monoisotopic (exact) mass is 448 g/mol. The van der Waals surface area contributed by atoms with Gasteiger partial charge in [0.05, 0.1) is 17.8 Å². The number of aryl methyl sites for hydroxylation is 1. The number of fused-ring (bicyclic) bond motifs is 1. The lowest BCUT2D eigenvalue weighted by atomic mass is 10.0. The van der Waals surface area contributed by atoms with Crippen molar-refractivity contribution in [2.75, 3.05) is 11.4 Å². The molecule has 4 heterocycles. The fourth-order valence-corrected chi connectivity index (χ4v) is 4.24. The van der Waals surface area contributed by atoms with Crippen molar-refractivity contribution >= 4 is 11.5 Å². The molecule has 0 saturated carbocycles. The standard InChI is InChI=1S/C21H17F5N6/c1-30-11-15(19(29-30)21(24,25)26)14-10-27-32-8-6-18(28-20(14)32)31-7-2-3-17(31)13-9-12(22)4-5-16(13)23/h4-6,8-11,17H,2-3,7H2,1H3/t17-/m1/s1. The zero-order valence-corrected chi connectivity index (χ0v) is 16.8. The molecule has 0 bridgehead atoms. The first-order valence-electron chi connectivity index (χ1n) is 9.89. The summed E-state index contributed by atoms with van der Waals surface area (Å²) in [5.41, 5.74) is -0.535. The van der Waals surface area contributed by atoms with E-state index in [9.17, 15) is 22.0 Å². The molecule has 11 heteroatoms. The van der Waals surface area contributed by atoms with Gasteiger partial charge < -0.3 is 4.90 Å². The first kappa shape index (κ1) is 20.4. The van der Waals surface area contributed by atoms with Crippen LogP contribution in [0.25, 0.3) is 16.8 Å². The molecule has 0 aliphatic carbocycles. The van der Waals surface area contributed by atoms with Gasteiger partial charge in [-0.3, -0.25) is 4.68 Å². The van der Waals surface area contributed by atoms with E-state index in [1.54, 1.807) is 12.3 Å². The molecule has 3 aromatic heterocycles. The summed E-state index contributed by atoms with van der Waals surface area (Å²) < 4.78 is 71.1. The predicted molar refractivity (Wildman–Crippen MR) is 106 cm³/mol. The van der Waals surface area contributed by atoms with Gasteiger partial charge >= 0.3 is 6.18 Å². The van der Waals surface area contributed by atoms with Crippen LogP contribution in [0.3, 0.4) is 0 Å². The lowest BCUT2D eigenvalue weighted by Crippen LogP contribution is -2.24. The van der Waals surface area contributed by atoms with Crippen LogP contribution in [-0.4, -0.2) is 30.9 Å². The normalized spacial score (nSPS) is 16.9. The lowest BCUT2D eigenvalue weighted by Gasteiger charge is -2.26. The van der Waals surface area contributed by atoms with Crippen LogP contribution in [0.1, 0.15) is 30.1 Å². The van der Waals surface area contributed by atoms with Crippen molar-refractivity contribution in [3.63, 3.8) is 0 Å². The highest BCUT2D eigenvalue weighted by atomic mass is 19.4. The van der Waals surface area contributed by atoms with E-state index >= 15 is 0 Å². The van der Waals surface area contributed by atoms with E-state index in [-0.39, 0.29) is 22.3 Å². The molecule has 1 aliphatic heterocycles. The summed E-state index contributed by atoms with van der Waals surface area (Å²) in [6.07, 6.45) is 0.862. The molecule has 6 nitrogen and oxygen atoms in total. The fraction of sp³-hybridized carbons (Fsp3) is 0.286. The fourth-order valence-electron chi connectivity index (χ4n) is 4.24. The Balaban J connectivity index is 1.60. The average Bonchev–Trinajstić information content (AvgIpc) is 3.46. The first-order valence-corrected chi connectivity index (χ1v) is 9.89. The Bertz CT molecular complexity index is 1310. The highest BCUT2D eigenvalue weighted by molar-refractivity contribution is 5.79. The largest absolute Gasteiger partial charge is 0.435 e. The van der Waals surface area contributed by atoms with Gasteiger partial charge in [-0.2, -0.15) is 23.4 Å². The van der Waals surface area contributed by atoms with E-state index in [1.165, 1.54) is 30.0 Å². The molecule has 32 heavy (non-hydrogen) atoms. The summed E-state index contributed by atoms with van der Waals surface area (Å²) in [5, 5.41) is 7.67. The van der Waals surface area contributed by atoms with Crippen molar-refractivity contribution in [2.24, 2.45) is 7.05 Å². The lowest BCUT2D eigenvalue weighted by molar-refractivity contribution is -0.140. The Labute approximate surface area is 178 Å². The molecule has 1 aliphatic rings. The topological polar surface area (TPSA) is 51.2 Å². The summed E-state index contributed by atoms with van der Waals surface area (Å²) in [6.45, 7) is 0.550. The molecule has 0 unspecified atom stereocenters. The van der Waals surface area contributed by atoms with Crippen LogP contribution in [-0.2, 0) is 13.2 Å². The van der Waals surface area contributed by atoms with Crippen LogP contribution in [0.5, 0.6) is 0 Å². The molecule has 1 atom stereocenters. The predicted octanol–water partition coefficient (Wildman–Crippen LogP) is 4.77. The minimum Gasteiger partial charge on any atom is -0.349 e. The minimum atomic E-state index is -4.64. The van der Waals surface area contributed by atoms with E-state index in [1.807, 2.05) is 4.90 Å². The molecular weight excluding hydrogens is 431 g/mol. The van der Waals surface area contributed by atoms with E-state index in [0.717, 1.165) is 23.2 Å². The van der Waals surface area contributed by atoms with Crippen molar-refractivity contribution in [2.45, 2.75) is 25.1 Å². The highest BCUT2D eigenvalue weighted by Crippen LogP contribution is 2.39. The summed E-state index contributed by atoms with van der Waals surface area (Å²) >= 11 is 0. The van der Waals surface area contributed by atoms with Gasteiger partial charge in [0, 0.05) is 37.1 Å². The van der Waals surface area contributed by atoms with Crippen molar-refractivity contribution in [3.8, 4) is 11.1 Å². The smallest absolute Gasteiger partial charge is 0.349 e. The number of anilines is 1. The summed E-state index contributed by atoms with van der Waals surface area (Å²) in [6, 6.07) is 4.55. The van der Waals surface area contributed by atoms with Gasteiger partial charge in [-0.25, -0.2) is 18.3 Å². The third-order valence-corrected chi connectivity index (χ3v) is 5.61. The molecule has 0 amide bonds. The van der Waals surface area contributed by atoms with Crippen LogP contribution in [0, 0.1) is 11.6 Å². The van der Waals surface area contributed by atoms with E-state index < -0.39 is 29.5 Å². The maximum atomic E-state index is 14.4. The zero-order valence-electron chi connectivity index (χ0n) is 16.8. The van der Waals surface area contributed by atoms with Gasteiger partial charge in [-0.1, -0.05) is 0 Å². The second kappa shape index (κ2) is 7.28. The highest BCUT2D eigenvalue weighted by Gasteiger charge is 2.38. The molecule has 1 aromatic carbocycles. The van der Waals surface area contributed by atoms with Gasteiger partial charge in [0.25, 0.3) is 0 Å². The molecule has 0 radical (unpaired) electrons. The van der Waals surface area contributed by atoms with Crippen LogP contribution < -0.4 is 4.90 Å². The second-order valence-corrected chi connectivity index (χ2v) is 7.69. The van der Waals surface area contributed by atoms with Gasteiger partial charge in [0.15, 0.2) is 11.3 Å². The number of nitrogens with zero attached hydrogens (tertiary/aromatic N) is 6. The quantitative estimate of drug-likeness (QED) is 0.424. The van der Waals surface area contributed by atoms with Crippen molar-refractivity contribution < 1.29 is 22.0 Å². The SMILES string of the molecule is Cn1cc(-c2cnn3ccc(N4CCC[C@@H]4c4cc(F)ccc4F)nc23)c(C(F)(F)F)n1. The maximum Gasteiger partial charge on any atom is 0.435 e. The first-order chi connectivity index (χ1) is 15.2. The molecule has 5 rings (SSSR count). The van der Waals surface area contributed by atoms with Gasteiger partial charge in [-0.15, -0.1) is 0 Å². The third kappa shape index (κ3) is 3.37. The van der Waals surface area contributed by atoms with E-state index in [4.69, 9.17) is 0 Å². The molecule has 1 fully saturated rings. The van der Waals surface area contributed by atoms with Crippen LogP contribution in [0.4, 0.5) is 27.8 Å². The number of alkyl halides is 3. The molecule has 0 N–H and O–H groups in total. The third-order valence-electron chi connectivity index (χ3n) is 5.61. The number of halogens is 5. The number of aromatic nitrogens is 5. The molecular formula is C21H17F5N6. The number of hydrogen-bond acceptors (Lipinski definition) is 4. The van der Waals surface area contributed by atoms with Gasteiger partial charge in [-0.05, 0) is 37.1 Å². The maximum absolute atomic E-state index is 14.4. The Hall–Kier alpha value is -3.50. The summed E-state index contributed by atoms with van der Waals surface area (Å²) in [4.78, 5) is 6.40. The molecule has 1 saturated heterocycles. The van der Waals surface area contributed by atoms with Gasteiger partial charge in [0.1, 0.15) is 17.5 Å². The summed E-state index contributed by atoms with van der Waals surface area (Å²) in [5.74, 6) is -0.603. The van der Waals surface area contributed by atoms with Crippen molar-refractivity contribution in [1.82, 2.24) is 24.4 Å². The minimum absolute atomic E-state index is 0.131. The van der Waals surface area contributed by atoms with Crippen LogP contribution in [0.2, 0.25) is 0 Å². The Kier molecular flexibility index (Phi) is 4.64. The Morgan fingerprint density at radius 1 is 1.09 bits per heavy atom. The van der Waals surface area contributed by atoms with E-state index in [0.29, 0.717) is 18.8 Å². The zero-order chi connectivity index (χ0) is 22.6. The van der Waals surface area contributed by atoms with Crippen LogP contribution in [0.15, 0.2) is 42.9 Å². The molecule has 166 valence electrons. The molecule has 4 aromatic rings. The molecule has 0 spiro atoms. The van der Waals surface area contributed by atoms with Gasteiger partial charge in [0.2, 0.25) is 0 Å². The number of benzene rings is 1. The van der Waals surface area contributed by atoms with Crippen molar-refractivity contribution in [3.05, 3.63) is 65.7 Å². The number of rotatable bonds is 3. The number of hydrogen-bond donors (Lipinski definition) is 0. The van der Waals surface area contributed by atoms with E-state index in [2.05, 4.69) is 15.2 Å². The van der Waals surface area contributed by atoms with Crippen LogP contribution >= 0.6 is 0 Å². The average molecular weight is 448 g/mol. The van der Waals surface area contributed by atoms with Crippen molar-refractivity contribution in [1.29, 1.82) is 0 Å². The Morgan fingerprint density at radius 3 is 2.69 bits per heavy atom.